The molecule has 0 aliphatic carbocycles. The highest BCUT2D eigenvalue weighted by atomic mass is 35.5. The van der Waals surface area contributed by atoms with Crippen molar-refractivity contribution in [3.05, 3.63) is 33.8 Å². The third-order valence-electron chi connectivity index (χ3n) is 3.83. The zero-order valence-electron chi connectivity index (χ0n) is 13.9. The fourth-order valence-electron chi connectivity index (χ4n) is 2.56. The monoisotopic (exact) mass is 372 g/mol. The average Bonchev–Trinajstić information content (AvgIpc) is 2.53. The van der Waals surface area contributed by atoms with Crippen LogP contribution in [-0.4, -0.2) is 73.6 Å². The fraction of sp³-hybridized carbons (Fsp3) is 0.500. The highest BCUT2D eigenvalue weighted by molar-refractivity contribution is 6.34. The Morgan fingerprint density at radius 2 is 1.58 bits per heavy atom. The van der Waals surface area contributed by atoms with Gasteiger partial charge in [0, 0.05) is 56.9 Å². The maximum absolute atomic E-state index is 12.2. The molecule has 1 aliphatic heterocycles. The van der Waals surface area contributed by atoms with E-state index in [1.165, 1.54) is 0 Å². The molecule has 0 radical (unpaired) electrons. The zero-order valence-corrected chi connectivity index (χ0v) is 15.4. The smallest absolute Gasteiger partial charge is 0.319 e. The SMILES string of the molecule is CN(C)C(=O)N1CCN(C(=O)NCCc2cc(Cl)cc(Cl)c2)CC1. The van der Waals surface area contributed by atoms with E-state index >= 15 is 0 Å². The van der Waals surface area contributed by atoms with Gasteiger partial charge in [-0.2, -0.15) is 0 Å². The summed E-state index contributed by atoms with van der Waals surface area (Å²) in [6.07, 6.45) is 0.658. The van der Waals surface area contributed by atoms with Gasteiger partial charge in [-0.1, -0.05) is 23.2 Å². The van der Waals surface area contributed by atoms with Crippen LogP contribution in [0.2, 0.25) is 10.0 Å². The van der Waals surface area contributed by atoms with Gasteiger partial charge in [-0.3, -0.25) is 0 Å². The Morgan fingerprint density at radius 1 is 1.04 bits per heavy atom. The molecule has 0 atom stereocenters. The number of hydrogen-bond donors (Lipinski definition) is 1. The molecule has 6 nitrogen and oxygen atoms in total. The summed E-state index contributed by atoms with van der Waals surface area (Å²) in [6, 6.07) is 5.23. The standard InChI is InChI=1S/C16H22Cl2N4O2/c1-20(2)16(24)22-7-5-21(6-8-22)15(23)19-4-3-12-9-13(17)11-14(18)10-12/h9-11H,3-8H2,1-2H3,(H,19,23). The molecule has 0 unspecified atom stereocenters. The summed E-state index contributed by atoms with van der Waals surface area (Å²) in [5.41, 5.74) is 0.981. The number of nitrogens with zero attached hydrogens (tertiary/aromatic N) is 3. The van der Waals surface area contributed by atoms with Crippen LogP contribution < -0.4 is 5.32 Å². The van der Waals surface area contributed by atoms with Gasteiger partial charge in [-0.05, 0) is 30.2 Å². The third kappa shape index (κ3) is 5.18. The Bertz CT molecular complexity index is 581. The van der Waals surface area contributed by atoms with Crippen LogP contribution in [0.4, 0.5) is 9.59 Å². The molecule has 0 aromatic heterocycles. The molecule has 0 saturated carbocycles. The maximum atomic E-state index is 12.2. The van der Waals surface area contributed by atoms with Crippen molar-refractivity contribution in [2.24, 2.45) is 0 Å². The van der Waals surface area contributed by atoms with E-state index in [4.69, 9.17) is 23.2 Å². The number of carbonyl (C=O) groups excluding carboxylic acids is 2. The first-order chi connectivity index (χ1) is 11.4. The number of halogens is 2. The summed E-state index contributed by atoms with van der Waals surface area (Å²) in [4.78, 5) is 29.1. The van der Waals surface area contributed by atoms with E-state index in [2.05, 4.69) is 5.32 Å². The van der Waals surface area contributed by atoms with Gasteiger partial charge >= 0.3 is 12.1 Å². The third-order valence-corrected chi connectivity index (χ3v) is 4.27. The molecule has 1 aromatic carbocycles. The second kappa shape index (κ2) is 8.44. The lowest BCUT2D eigenvalue weighted by Gasteiger charge is -2.35. The summed E-state index contributed by atoms with van der Waals surface area (Å²) < 4.78 is 0. The van der Waals surface area contributed by atoms with E-state index in [1.54, 1.807) is 34.9 Å². The van der Waals surface area contributed by atoms with Crippen LogP contribution in [-0.2, 0) is 6.42 Å². The normalized spacial score (nSPS) is 14.5. The largest absolute Gasteiger partial charge is 0.338 e. The van der Waals surface area contributed by atoms with Crippen LogP contribution in [0.3, 0.4) is 0 Å². The topological polar surface area (TPSA) is 55.9 Å². The Kier molecular flexibility index (Phi) is 6.57. The highest BCUT2D eigenvalue weighted by Gasteiger charge is 2.24. The molecule has 4 amide bonds. The van der Waals surface area contributed by atoms with Crippen LogP contribution in [0.1, 0.15) is 5.56 Å². The first-order valence-electron chi connectivity index (χ1n) is 7.81. The van der Waals surface area contributed by atoms with Gasteiger partial charge < -0.3 is 20.0 Å². The second-order valence-electron chi connectivity index (χ2n) is 5.91. The van der Waals surface area contributed by atoms with E-state index < -0.39 is 0 Å². The number of hydrogen-bond acceptors (Lipinski definition) is 2. The molecular formula is C16H22Cl2N4O2. The van der Waals surface area contributed by atoms with Crippen molar-refractivity contribution < 1.29 is 9.59 Å². The number of nitrogens with one attached hydrogen (secondary N) is 1. The number of rotatable bonds is 3. The predicted octanol–water partition coefficient (Wildman–Crippen LogP) is 2.54. The zero-order chi connectivity index (χ0) is 17.7. The van der Waals surface area contributed by atoms with E-state index in [9.17, 15) is 9.59 Å². The van der Waals surface area contributed by atoms with Crippen LogP contribution in [0.5, 0.6) is 0 Å². The van der Waals surface area contributed by atoms with Crippen molar-refractivity contribution in [1.82, 2.24) is 20.0 Å². The van der Waals surface area contributed by atoms with E-state index in [1.807, 2.05) is 12.1 Å². The van der Waals surface area contributed by atoms with Crippen LogP contribution >= 0.6 is 23.2 Å². The van der Waals surface area contributed by atoms with Crippen molar-refractivity contribution >= 4 is 35.3 Å². The number of carbonyl (C=O) groups is 2. The van der Waals surface area contributed by atoms with E-state index in [0.29, 0.717) is 49.2 Å². The summed E-state index contributed by atoms with van der Waals surface area (Å²) >= 11 is 11.9. The Morgan fingerprint density at radius 3 is 2.12 bits per heavy atom. The predicted molar refractivity (Wildman–Crippen MR) is 95.8 cm³/mol. The van der Waals surface area contributed by atoms with Gasteiger partial charge in [0.25, 0.3) is 0 Å². The second-order valence-corrected chi connectivity index (χ2v) is 6.78. The Labute approximate surface area is 152 Å². The van der Waals surface area contributed by atoms with Crippen molar-refractivity contribution in [1.29, 1.82) is 0 Å². The lowest BCUT2D eigenvalue weighted by Crippen LogP contribution is -2.55. The summed E-state index contributed by atoms with van der Waals surface area (Å²) in [5.74, 6) is 0. The number of amides is 4. The number of benzene rings is 1. The van der Waals surface area contributed by atoms with Crippen molar-refractivity contribution in [2.45, 2.75) is 6.42 Å². The quantitative estimate of drug-likeness (QED) is 0.886. The van der Waals surface area contributed by atoms with Gasteiger partial charge in [-0.25, -0.2) is 9.59 Å². The highest BCUT2D eigenvalue weighted by Crippen LogP contribution is 2.19. The van der Waals surface area contributed by atoms with Gasteiger partial charge in [0.15, 0.2) is 0 Å². The van der Waals surface area contributed by atoms with Gasteiger partial charge in [0.2, 0.25) is 0 Å². The molecule has 0 spiro atoms. The van der Waals surface area contributed by atoms with Crippen molar-refractivity contribution in [3.63, 3.8) is 0 Å². The van der Waals surface area contributed by atoms with Crippen molar-refractivity contribution in [2.75, 3.05) is 46.8 Å². The van der Waals surface area contributed by atoms with Gasteiger partial charge in [-0.15, -0.1) is 0 Å². The molecular weight excluding hydrogens is 351 g/mol. The van der Waals surface area contributed by atoms with Crippen LogP contribution in [0, 0.1) is 0 Å². The molecule has 1 saturated heterocycles. The molecule has 8 heteroatoms. The molecule has 1 N–H and O–H groups in total. The van der Waals surface area contributed by atoms with E-state index in [-0.39, 0.29) is 12.1 Å². The average molecular weight is 373 g/mol. The first-order valence-corrected chi connectivity index (χ1v) is 8.56. The van der Waals surface area contributed by atoms with Crippen molar-refractivity contribution in [3.8, 4) is 0 Å². The summed E-state index contributed by atoms with van der Waals surface area (Å²) in [7, 11) is 3.45. The summed E-state index contributed by atoms with van der Waals surface area (Å²) in [6.45, 7) is 2.68. The molecule has 1 heterocycles. The molecule has 132 valence electrons. The Hall–Kier alpha value is -1.66. The molecule has 1 aromatic rings. The molecule has 1 fully saturated rings. The molecule has 0 bridgehead atoms. The first kappa shape index (κ1) is 18.7. The van der Waals surface area contributed by atoms with Gasteiger partial charge in [0.05, 0.1) is 0 Å². The minimum absolute atomic E-state index is 0.0205. The van der Waals surface area contributed by atoms with E-state index in [0.717, 1.165) is 5.56 Å². The van der Waals surface area contributed by atoms with Crippen LogP contribution in [0.15, 0.2) is 18.2 Å². The Balaban J connectivity index is 1.75. The molecule has 24 heavy (non-hydrogen) atoms. The lowest BCUT2D eigenvalue weighted by molar-refractivity contribution is 0.129. The molecule has 2 rings (SSSR count). The van der Waals surface area contributed by atoms with Gasteiger partial charge in [0.1, 0.15) is 0 Å². The molecule has 1 aliphatic rings. The minimum Gasteiger partial charge on any atom is -0.338 e. The maximum Gasteiger partial charge on any atom is 0.319 e. The fourth-order valence-corrected chi connectivity index (χ4v) is 3.14. The summed E-state index contributed by atoms with van der Waals surface area (Å²) in [5, 5.41) is 4.07. The number of piperazine rings is 1. The minimum atomic E-state index is -0.111. The lowest BCUT2D eigenvalue weighted by atomic mass is 10.1. The van der Waals surface area contributed by atoms with Crippen LogP contribution in [0.25, 0.3) is 0 Å². The number of urea groups is 2.